The summed E-state index contributed by atoms with van der Waals surface area (Å²) in [6.07, 6.45) is 1.58. The summed E-state index contributed by atoms with van der Waals surface area (Å²) in [5.41, 5.74) is 6.27. The zero-order chi connectivity index (χ0) is 20.0. The Bertz CT molecular complexity index is 899. The van der Waals surface area contributed by atoms with Gasteiger partial charge >= 0.3 is 5.69 Å². The number of carbonyl (C=O) groups excluding carboxylic acids is 1. The number of amides is 1. The van der Waals surface area contributed by atoms with Crippen LogP contribution in [-0.4, -0.2) is 35.7 Å². The van der Waals surface area contributed by atoms with Gasteiger partial charge in [0.1, 0.15) is 5.82 Å². The van der Waals surface area contributed by atoms with E-state index in [1.54, 1.807) is 12.1 Å². The van der Waals surface area contributed by atoms with E-state index >= 15 is 0 Å². The Kier molecular flexibility index (Phi) is 6.95. The van der Waals surface area contributed by atoms with Crippen molar-refractivity contribution in [3.8, 4) is 0 Å². The second kappa shape index (κ2) is 9.18. The molecule has 0 unspecified atom stereocenters. The van der Waals surface area contributed by atoms with Crippen molar-refractivity contribution in [2.75, 3.05) is 30.9 Å². The Balaban J connectivity index is 2.55. The van der Waals surface area contributed by atoms with Crippen molar-refractivity contribution in [1.82, 2.24) is 9.55 Å². The number of aromatic amines is 1. The minimum Gasteiger partial charge on any atom is -0.383 e. The van der Waals surface area contributed by atoms with Crippen LogP contribution < -0.4 is 21.9 Å². The van der Waals surface area contributed by atoms with Gasteiger partial charge in [0, 0.05) is 25.8 Å². The number of nitrogens with two attached hydrogens (primary N) is 1. The smallest absolute Gasteiger partial charge is 0.330 e. The topological polar surface area (TPSA) is 110 Å². The van der Waals surface area contributed by atoms with E-state index in [4.69, 9.17) is 10.5 Å². The van der Waals surface area contributed by atoms with Gasteiger partial charge in [0.15, 0.2) is 5.69 Å². The van der Waals surface area contributed by atoms with Crippen molar-refractivity contribution < 1.29 is 9.53 Å². The van der Waals surface area contributed by atoms with Crippen LogP contribution >= 0.6 is 0 Å². The van der Waals surface area contributed by atoms with E-state index in [0.717, 1.165) is 18.4 Å². The van der Waals surface area contributed by atoms with Crippen molar-refractivity contribution >= 4 is 17.4 Å². The number of methoxy groups -OCH3 is 1. The zero-order valence-electron chi connectivity index (χ0n) is 15.9. The molecule has 2 aromatic rings. The van der Waals surface area contributed by atoms with E-state index in [0.29, 0.717) is 12.1 Å². The molecule has 0 atom stereocenters. The summed E-state index contributed by atoms with van der Waals surface area (Å²) in [5, 5.41) is 0. The van der Waals surface area contributed by atoms with Gasteiger partial charge in [0.05, 0.1) is 6.61 Å². The van der Waals surface area contributed by atoms with E-state index < -0.39 is 11.2 Å². The molecule has 146 valence electrons. The molecule has 1 aromatic carbocycles. The highest BCUT2D eigenvalue weighted by atomic mass is 16.5. The van der Waals surface area contributed by atoms with Crippen LogP contribution in [0.15, 0.2) is 33.9 Å². The molecule has 3 N–H and O–H groups in total. The largest absolute Gasteiger partial charge is 0.383 e. The van der Waals surface area contributed by atoms with Crippen molar-refractivity contribution in [3.05, 3.63) is 56.2 Å². The Morgan fingerprint density at radius 3 is 2.52 bits per heavy atom. The summed E-state index contributed by atoms with van der Waals surface area (Å²) in [7, 11) is 1.50. The fourth-order valence-corrected chi connectivity index (χ4v) is 2.73. The first kappa shape index (κ1) is 20.4. The Labute approximate surface area is 157 Å². The lowest BCUT2D eigenvalue weighted by Gasteiger charge is -2.24. The number of H-pyrrole nitrogens is 1. The molecule has 0 radical (unpaired) electrons. The summed E-state index contributed by atoms with van der Waals surface area (Å²) in [6, 6.07) is 7.01. The van der Waals surface area contributed by atoms with Crippen molar-refractivity contribution in [2.45, 2.75) is 33.2 Å². The van der Waals surface area contributed by atoms with E-state index in [9.17, 15) is 14.4 Å². The molecular formula is C19H26N4O4. The number of aryl methyl sites for hydroxylation is 1. The van der Waals surface area contributed by atoms with Gasteiger partial charge in [0.2, 0.25) is 0 Å². The van der Waals surface area contributed by atoms with E-state index in [1.165, 1.54) is 16.6 Å². The number of aromatic nitrogens is 2. The molecule has 0 bridgehead atoms. The van der Waals surface area contributed by atoms with Crippen LogP contribution in [-0.2, 0) is 11.3 Å². The minimum absolute atomic E-state index is 0.0197. The van der Waals surface area contributed by atoms with Gasteiger partial charge in [0.25, 0.3) is 11.5 Å². The summed E-state index contributed by atoms with van der Waals surface area (Å²) < 4.78 is 6.38. The van der Waals surface area contributed by atoms with Crippen molar-refractivity contribution in [1.29, 1.82) is 0 Å². The number of nitrogen functional groups attached to an aromatic ring is 1. The van der Waals surface area contributed by atoms with Gasteiger partial charge in [-0.1, -0.05) is 31.0 Å². The Morgan fingerprint density at radius 1 is 1.26 bits per heavy atom. The van der Waals surface area contributed by atoms with Gasteiger partial charge in [-0.3, -0.25) is 24.0 Å². The van der Waals surface area contributed by atoms with Gasteiger partial charge < -0.3 is 10.5 Å². The van der Waals surface area contributed by atoms with Crippen LogP contribution in [0.2, 0.25) is 0 Å². The number of nitrogens with one attached hydrogen (secondary N) is 1. The minimum atomic E-state index is -0.693. The molecule has 0 aliphatic rings. The number of unbranched alkanes of at least 4 members (excludes halogenated alkanes) is 1. The number of hydrogen-bond acceptors (Lipinski definition) is 5. The predicted octanol–water partition coefficient (Wildman–Crippen LogP) is 1.52. The summed E-state index contributed by atoms with van der Waals surface area (Å²) in [4.78, 5) is 41.2. The lowest BCUT2D eigenvalue weighted by Crippen LogP contribution is -2.42. The second-order valence-corrected chi connectivity index (χ2v) is 6.31. The van der Waals surface area contributed by atoms with Crippen molar-refractivity contribution in [2.24, 2.45) is 0 Å². The second-order valence-electron chi connectivity index (χ2n) is 6.31. The molecule has 1 heterocycles. The van der Waals surface area contributed by atoms with Crippen LogP contribution in [0.5, 0.6) is 0 Å². The standard InChI is InChI=1S/C19H26N4O4/c1-4-5-10-23-16(20)15(17(24)21-19(23)26)22(11-12-27-3)18(25)14-8-6-13(2)7-9-14/h6-9H,4-5,10-12,20H2,1-3H3,(H,21,24,26). The van der Waals surface area contributed by atoms with Gasteiger partial charge in [-0.2, -0.15) is 0 Å². The molecule has 0 spiro atoms. The highest BCUT2D eigenvalue weighted by Gasteiger charge is 2.25. The number of nitrogens with zero attached hydrogens (tertiary/aromatic N) is 2. The quantitative estimate of drug-likeness (QED) is 0.728. The van der Waals surface area contributed by atoms with Crippen LogP contribution in [0, 0.1) is 6.92 Å². The third-order valence-corrected chi connectivity index (χ3v) is 4.28. The molecule has 8 heteroatoms. The molecule has 0 aliphatic carbocycles. The number of ether oxygens (including phenoxy) is 1. The van der Waals surface area contributed by atoms with E-state index in [2.05, 4.69) is 4.98 Å². The fourth-order valence-electron chi connectivity index (χ4n) is 2.73. The van der Waals surface area contributed by atoms with Crippen molar-refractivity contribution in [3.63, 3.8) is 0 Å². The molecular weight excluding hydrogens is 348 g/mol. The molecule has 0 aliphatic heterocycles. The van der Waals surface area contributed by atoms with Gasteiger partial charge in [-0.05, 0) is 25.5 Å². The van der Waals surface area contributed by atoms with E-state index in [-0.39, 0.29) is 30.6 Å². The summed E-state index contributed by atoms with van der Waals surface area (Å²) >= 11 is 0. The third kappa shape index (κ3) is 4.65. The number of anilines is 2. The molecule has 8 nitrogen and oxygen atoms in total. The molecule has 27 heavy (non-hydrogen) atoms. The maximum Gasteiger partial charge on any atom is 0.330 e. The normalized spacial score (nSPS) is 10.8. The van der Waals surface area contributed by atoms with Gasteiger partial charge in [-0.15, -0.1) is 0 Å². The Hall–Kier alpha value is -2.87. The summed E-state index contributed by atoms with van der Waals surface area (Å²) in [6.45, 7) is 4.61. The highest BCUT2D eigenvalue weighted by Crippen LogP contribution is 2.20. The molecule has 0 fully saturated rings. The number of carbonyl (C=O) groups is 1. The maximum absolute atomic E-state index is 13.1. The summed E-state index contributed by atoms with van der Waals surface area (Å²) in [5.74, 6) is -0.404. The lowest BCUT2D eigenvalue weighted by molar-refractivity contribution is 0.0975. The van der Waals surface area contributed by atoms with Crippen LogP contribution in [0.25, 0.3) is 0 Å². The molecule has 1 amide bonds. The predicted molar refractivity (Wildman–Crippen MR) is 105 cm³/mol. The average molecular weight is 374 g/mol. The third-order valence-electron chi connectivity index (χ3n) is 4.28. The molecule has 0 saturated carbocycles. The Morgan fingerprint density at radius 2 is 1.93 bits per heavy atom. The molecule has 1 aromatic heterocycles. The average Bonchev–Trinajstić information content (AvgIpc) is 2.64. The van der Waals surface area contributed by atoms with Crippen LogP contribution in [0.3, 0.4) is 0 Å². The SMILES string of the molecule is CCCCn1c(N)c(N(CCOC)C(=O)c2ccc(C)cc2)c(=O)[nH]c1=O. The van der Waals surface area contributed by atoms with Crippen LogP contribution in [0.1, 0.15) is 35.7 Å². The fraction of sp³-hybridized carbons (Fsp3) is 0.421. The number of hydrogen-bond donors (Lipinski definition) is 2. The first-order valence-corrected chi connectivity index (χ1v) is 8.90. The molecule has 0 saturated heterocycles. The van der Waals surface area contributed by atoms with Gasteiger partial charge in [-0.25, -0.2) is 4.79 Å². The zero-order valence-corrected chi connectivity index (χ0v) is 15.9. The number of rotatable bonds is 8. The maximum atomic E-state index is 13.1. The first-order chi connectivity index (χ1) is 12.9. The first-order valence-electron chi connectivity index (χ1n) is 8.90. The highest BCUT2D eigenvalue weighted by molar-refractivity contribution is 6.07. The van der Waals surface area contributed by atoms with E-state index in [1.807, 2.05) is 26.0 Å². The monoisotopic (exact) mass is 374 g/mol. The number of benzene rings is 1. The lowest BCUT2D eigenvalue weighted by atomic mass is 10.1. The molecule has 2 rings (SSSR count). The van der Waals surface area contributed by atoms with Crippen LogP contribution in [0.4, 0.5) is 11.5 Å².